The predicted octanol–water partition coefficient (Wildman–Crippen LogP) is 4.31. The molecule has 0 saturated carbocycles. The summed E-state index contributed by atoms with van der Waals surface area (Å²) in [6.07, 6.45) is 1.71. The van der Waals surface area contributed by atoms with Crippen molar-refractivity contribution in [3.63, 3.8) is 0 Å². The molecule has 116 valence electrons. The number of benzene rings is 2. The summed E-state index contributed by atoms with van der Waals surface area (Å²) in [7, 11) is 1.64. The molecule has 7 heteroatoms. The van der Waals surface area contributed by atoms with Crippen molar-refractivity contribution in [2.75, 3.05) is 12.5 Å². The molecule has 0 radical (unpaired) electrons. The summed E-state index contributed by atoms with van der Waals surface area (Å²) in [5, 5.41) is 14.4. The Balaban J connectivity index is 1.65. The highest BCUT2D eigenvalue weighted by Crippen LogP contribution is 2.27. The normalized spacial score (nSPS) is 10.9. The van der Waals surface area contributed by atoms with E-state index in [0.29, 0.717) is 10.2 Å². The second kappa shape index (κ2) is 7.21. The van der Waals surface area contributed by atoms with E-state index in [2.05, 4.69) is 20.7 Å². The molecule has 2 aromatic carbocycles. The molecule has 0 aliphatic carbocycles. The Hall–Kier alpha value is -2.44. The third-order valence-corrected chi connectivity index (χ3v) is 4.10. The van der Waals surface area contributed by atoms with Crippen LogP contribution in [0.15, 0.2) is 53.6 Å². The Labute approximate surface area is 142 Å². The van der Waals surface area contributed by atoms with Crippen LogP contribution in [0.25, 0.3) is 10.6 Å². The first-order valence-corrected chi connectivity index (χ1v) is 7.96. The molecule has 0 aliphatic heterocycles. The average molecular weight is 345 g/mol. The topological polar surface area (TPSA) is 59.4 Å². The molecule has 1 N–H and O–H groups in total. The maximum absolute atomic E-state index is 5.98. The van der Waals surface area contributed by atoms with Crippen molar-refractivity contribution in [3.05, 3.63) is 59.1 Å². The van der Waals surface area contributed by atoms with E-state index >= 15 is 0 Å². The van der Waals surface area contributed by atoms with Crippen molar-refractivity contribution < 1.29 is 4.74 Å². The van der Waals surface area contributed by atoms with E-state index in [0.717, 1.165) is 21.9 Å². The fourth-order valence-corrected chi connectivity index (χ4v) is 2.74. The summed E-state index contributed by atoms with van der Waals surface area (Å²) in [5.41, 5.74) is 4.77. The van der Waals surface area contributed by atoms with E-state index in [4.69, 9.17) is 16.3 Å². The molecular weight excluding hydrogens is 332 g/mol. The van der Waals surface area contributed by atoms with Gasteiger partial charge in [-0.25, -0.2) is 0 Å². The van der Waals surface area contributed by atoms with Crippen molar-refractivity contribution in [3.8, 4) is 16.3 Å². The third-order valence-electron chi connectivity index (χ3n) is 2.99. The second-order valence-corrected chi connectivity index (χ2v) is 5.98. The number of hydrogen-bond acceptors (Lipinski definition) is 6. The van der Waals surface area contributed by atoms with Gasteiger partial charge in [-0.15, -0.1) is 10.2 Å². The van der Waals surface area contributed by atoms with Gasteiger partial charge in [0, 0.05) is 10.6 Å². The lowest BCUT2D eigenvalue weighted by molar-refractivity contribution is 0.415. The lowest BCUT2D eigenvalue weighted by Crippen LogP contribution is -1.90. The lowest BCUT2D eigenvalue weighted by Gasteiger charge is -1.98. The van der Waals surface area contributed by atoms with Gasteiger partial charge < -0.3 is 4.74 Å². The van der Waals surface area contributed by atoms with Gasteiger partial charge in [0.05, 0.1) is 13.3 Å². The van der Waals surface area contributed by atoms with Crippen LogP contribution in [-0.4, -0.2) is 23.5 Å². The quantitative estimate of drug-likeness (QED) is 0.553. The van der Waals surface area contributed by atoms with Crippen molar-refractivity contribution in [1.82, 2.24) is 10.2 Å². The van der Waals surface area contributed by atoms with E-state index in [-0.39, 0.29) is 0 Å². The van der Waals surface area contributed by atoms with Gasteiger partial charge in [0.25, 0.3) is 0 Å². The van der Waals surface area contributed by atoms with Crippen LogP contribution in [0.3, 0.4) is 0 Å². The van der Waals surface area contributed by atoms with Gasteiger partial charge in [-0.3, -0.25) is 5.43 Å². The zero-order valence-corrected chi connectivity index (χ0v) is 13.8. The summed E-state index contributed by atoms with van der Waals surface area (Å²) in [6.45, 7) is 0. The van der Waals surface area contributed by atoms with Gasteiger partial charge >= 0.3 is 0 Å². The number of aromatic nitrogens is 2. The number of nitrogens with one attached hydrogen (secondary N) is 1. The van der Waals surface area contributed by atoms with E-state index in [9.17, 15) is 0 Å². The Kier molecular flexibility index (Phi) is 4.85. The van der Waals surface area contributed by atoms with Gasteiger partial charge in [-0.05, 0) is 42.0 Å². The molecule has 0 spiro atoms. The minimum atomic E-state index is 0.615. The fraction of sp³-hybridized carbons (Fsp3) is 0.0625. The Morgan fingerprint density at radius 2 is 2.00 bits per heavy atom. The Bertz CT molecular complexity index is 817. The summed E-state index contributed by atoms with van der Waals surface area (Å²) in [4.78, 5) is 0. The van der Waals surface area contributed by atoms with E-state index in [1.54, 1.807) is 13.3 Å². The van der Waals surface area contributed by atoms with Crippen LogP contribution in [0, 0.1) is 0 Å². The van der Waals surface area contributed by atoms with Crippen LogP contribution in [0.1, 0.15) is 5.56 Å². The molecular formula is C16H13ClN4OS. The monoisotopic (exact) mass is 344 g/mol. The smallest absolute Gasteiger partial charge is 0.226 e. The number of hydrazone groups is 1. The summed E-state index contributed by atoms with van der Waals surface area (Å²) < 4.78 is 5.11. The molecule has 23 heavy (non-hydrogen) atoms. The second-order valence-electron chi connectivity index (χ2n) is 4.57. The summed E-state index contributed by atoms with van der Waals surface area (Å²) >= 11 is 7.39. The van der Waals surface area contributed by atoms with E-state index in [1.807, 2.05) is 48.5 Å². The summed E-state index contributed by atoms with van der Waals surface area (Å²) in [5.74, 6) is 0.811. The zero-order chi connectivity index (χ0) is 16.1. The number of hydrogen-bond donors (Lipinski definition) is 1. The van der Waals surface area contributed by atoms with Crippen LogP contribution < -0.4 is 10.2 Å². The molecule has 0 saturated heterocycles. The first-order valence-electron chi connectivity index (χ1n) is 6.77. The predicted molar refractivity (Wildman–Crippen MR) is 94.6 cm³/mol. The number of rotatable bonds is 5. The van der Waals surface area contributed by atoms with Crippen LogP contribution in [0.4, 0.5) is 5.13 Å². The van der Waals surface area contributed by atoms with Gasteiger partial charge in [-0.1, -0.05) is 35.1 Å². The number of halogens is 1. The van der Waals surface area contributed by atoms with E-state index < -0.39 is 0 Å². The van der Waals surface area contributed by atoms with Crippen molar-refractivity contribution in [2.45, 2.75) is 0 Å². The van der Waals surface area contributed by atoms with Crippen LogP contribution in [0.5, 0.6) is 5.75 Å². The van der Waals surface area contributed by atoms with Crippen molar-refractivity contribution in [1.29, 1.82) is 0 Å². The number of nitrogens with zero attached hydrogens (tertiary/aromatic N) is 3. The number of anilines is 1. The lowest BCUT2D eigenvalue weighted by atomic mass is 10.2. The highest BCUT2D eigenvalue weighted by Gasteiger charge is 2.06. The molecule has 0 bridgehead atoms. The third kappa shape index (κ3) is 4.06. The highest BCUT2D eigenvalue weighted by molar-refractivity contribution is 7.18. The molecule has 0 fully saturated rings. The minimum absolute atomic E-state index is 0.615. The maximum Gasteiger partial charge on any atom is 0.226 e. The van der Waals surface area contributed by atoms with Gasteiger partial charge in [-0.2, -0.15) is 5.10 Å². The SMILES string of the molecule is COc1ccc(/C=N/Nc2nnc(-c3cccc(Cl)c3)s2)cc1. The highest BCUT2D eigenvalue weighted by atomic mass is 35.5. The average Bonchev–Trinajstić information content (AvgIpc) is 3.04. The molecule has 1 heterocycles. The molecule has 0 unspecified atom stereocenters. The van der Waals surface area contributed by atoms with E-state index in [1.165, 1.54) is 11.3 Å². The van der Waals surface area contributed by atoms with Crippen LogP contribution in [-0.2, 0) is 0 Å². The minimum Gasteiger partial charge on any atom is -0.497 e. The molecule has 0 aliphatic rings. The molecule has 1 aromatic heterocycles. The molecule has 5 nitrogen and oxygen atoms in total. The molecule has 0 atom stereocenters. The first kappa shape index (κ1) is 15.5. The number of methoxy groups -OCH3 is 1. The van der Waals surface area contributed by atoms with Crippen molar-refractivity contribution in [2.24, 2.45) is 5.10 Å². The Morgan fingerprint density at radius 1 is 1.17 bits per heavy atom. The maximum atomic E-state index is 5.98. The van der Waals surface area contributed by atoms with Gasteiger partial charge in [0.15, 0.2) is 0 Å². The largest absolute Gasteiger partial charge is 0.497 e. The van der Waals surface area contributed by atoms with Crippen LogP contribution in [0.2, 0.25) is 5.02 Å². The zero-order valence-electron chi connectivity index (χ0n) is 12.2. The van der Waals surface area contributed by atoms with Gasteiger partial charge in [0.1, 0.15) is 10.8 Å². The standard InChI is InChI=1S/C16H13ClN4OS/c1-22-14-7-5-11(6-8-14)10-18-20-16-21-19-15(23-16)12-3-2-4-13(17)9-12/h2-10H,1H3,(H,20,21)/b18-10+. The molecule has 0 amide bonds. The first-order chi connectivity index (χ1) is 11.2. The molecule has 3 rings (SSSR count). The van der Waals surface area contributed by atoms with Crippen LogP contribution >= 0.6 is 22.9 Å². The Morgan fingerprint density at radius 3 is 2.74 bits per heavy atom. The van der Waals surface area contributed by atoms with Gasteiger partial charge in [0.2, 0.25) is 5.13 Å². The number of ether oxygens (including phenoxy) is 1. The fourth-order valence-electron chi connectivity index (χ4n) is 1.86. The summed E-state index contributed by atoms with van der Waals surface area (Å²) in [6, 6.07) is 15.1. The van der Waals surface area contributed by atoms with Crippen molar-refractivity contribution >= 4 is 34.3 Å². The molecule has 3 aromatic rings.